The second-order valence-electron chi connectivity index (χ2n) is 8.71. The zero-order valence-electron chi connectivity index (χ0n) is 21.1. The minimum atomic E-state index is -4.08. The number of imidazole rings is 1. The molecule has 2 amide bonds. The molecule has 0 aliphatic heterocycles. The van der Waals surface area contributed by atoms with Crippen LogP contribution in [0.25, 0.3) is 5.69 Å². The summed E-state index contributed by atoms with van der Waals surface area (Å²) in [5.41, 5.74) is 2.20. The van der Waals surface area contributed by atoms with Crippen LogP contribution in [0.15, 0.2) is 90.1 Å². The predicted molar refractivity (Wildman–Crippen MR) is 147 cm³/mol. The Kier molecular flexibility index (Phi) is 8.70. The van der Waals surface area contributed by atoms with Crippen molar-refractivity contribution >= 4 is 27.7 Å². The highest BCUT2D eigenvalue weighted by Crippen LogP contribution is 2.29. The number of halogens is 1. The third-order valence-electron chi connectivity index (χ3n) is 5.83. The molecule has 4 aromatic rings. The van der Waals surface area contributed by atoms with E-state index in [1.807, 2.05) is 43.3 Å². The topological polar surface area (TPSA) is 102 Å². The molecule has 10 heteroatoms. The maximum absolute atomic E-state index is 13.0. The van der Waals surface area contributed by atoms with Gasteiger partial charge in [0, 0.05) is 18.1 Å². The van der Waals surface area contributed by atoms with Crippen molar-refractivity contribution in [2.75, 3.05) is 6.61 Å². The highest BCUT2D eigenvalue weighted by atomic mass is 35.5. The lowest BCUT2D eigenvalue weighted by Gasteiger charge is -2.21. The largest absolute Gasteiger partial charge is 0.492 e. The minimum Gasteiger partial charge on any atom is -0.492 e. The number of benzene rings is 3. The Morgan fingerprint density at radius 3 is 2.53 bits per heavy atom. The van der Waals surface area contributed by atoms with Crippen molar-refractivity contribution in [2.24, 2.45) is 0 Å². The van der Waals surface area contributed by atoms with Crippen LogP contribution >= 0.6 is 11.6 Å². The van der Waals surface area contributed by atoms with E-state index in [9.17, 15) is 13.2 Å². The van der Waals surface area contributed by atoms with Crippen LogP contribution in [0.4, 0.5) is 4.79 Å². The Labute approximate surface area is 227 Å². The maximum atomic E-state index is 13.0. The number of carbonyl (C=O) groups is 1. The van der Waals surface area contributed by atoms with Gasteiger partial charge in [-0.3, -0.25) is 0 Å². The number of hydrogen-bond donors (Lipinski definition) is 2. The number of carbonyl (C=O) groups excluding carboxylic acids is 1. The summed E-state index contributed by atoms with van der Waals surface area (Å²) in [5.74, 6) is 1.09. The van der Waals surface area contributed by atoms with Crippen LogP contribution in [-0.2, 0) is 16.4 Å². The second-order valence-corrected chi connectivity index (χ2v) is 10.8. The molecule has 0 radical (unpaired) electrons. The molecule has 1 aromatic heterocycles. The molecule has 38 heavy (non-hydrogen) atoms. The lowest BCUT2D eigenvalue weighted by molar-refractivity contribution is 0.241. The first-order valence-corrected chi connectivity index (χ1v) is 14.0. The van der Waals surface area contributed by atoms with Gasteiger partial charge in [-0.2, -0.15) is 0 Å². The van der Waals surface area contributed by atoms with E-state index in [4.69, 9.17) is 16.3 Å². The third kappa shape index (κ3) is 6.54. The van der Waals surface area contributed by atoms with Gasteiger partial charge in [0.25, 0.3) is 10.0 Å². The average molecular weight is 553 g/mol. The maximum Gasteiger partial charge on any atom is 0.329 e. The molecule has 0 unspecified atom stereocenters. The average Bonchev–Trinajstić information content (AvgIpc) is 3.38. The number of aromatic nitrogens is 2. The van der Waals surface area contributed by atoms with Crippen LogP contribution in [0.2, 0.25) is 5.02 Å². The van der Waals surface area contributed by atoms with Gasteiger partial charge in [0.05, 0.1) is 22.6 Å². The van der Waals surface area contributed by atoms with Crippen molar-refractivity contribution in [2.45, 2.75) is 37.6 Å². The number of hydrogen-bond acceptors (Lipinski definition) is 5. The fourth-order valence-corrected chi connectivity index (χ4v) is 5.43. The molecule has 0 aliphatic rings. The van der Waals surface area contributed by atoms with Gasteiger partial charge in [0.2, 0.25) is 0 Å². The van der Waals surface area contributed by atoms with E-state index in [-0.39, 0.29) is 4.90 Å². The van der Waals surface area contributed by atoms with Crippen LogP contribution in [0.3, 0.4) is 0 Å². The normalized spacial score (nSPS) is 12.1. The van der Waals surface area contributed by atoms with Gasteiger partial charge in [0.15, 0.2) is 0 Å². The first-order chi connectivity index (χ1) is 18.3. The number of amides is 2. The summed E-state index contributed by atoms with van der Waals surface area (Å²) < 4.78 is 35.4. The molecule has 0 saturated carbocycles. The third-order valence-corrected chi connectivity index (χ3v) is 7.62. The van der Waals surface area contributed by atoms with E-state index in [0.29, 0.717) is 35.2 Å². The van der Waals surface area contributed by atoms with Gasteiger partial charge >= 0.3 is 6.03 Å². The predicted octanol–water partition coefficient (Wildman–Crippen LogP) is 5.59. The van der Waals surface area contributed by atoms with Gasteiger partial charge in [-0.15, -0.1) is 0 Å². The molecule has 8 nitrogen and oxygen atoms in total. The monoisotopic (exact) mass is 552 g/mol. The van der Waals surface area contributed by atoms with Crippen molar-refractivity contribution in [3.8, 4) is 11.4 Å². The van der Waals surface area contributed by atoms with Crippen LogP contribution in [0.5, 0.6) is 5.75 Å². The summed E-state index contributed by atoms with van der Waals surface area (Å²) in [7, 11) is -4.08. The Morgan fingerprint density at radius 2 is 1.82 bits per heavy atom. The molecule has 198 valence electrons. The van der Waals surface area contributed by atoms with E-state index < -0.39 is 22.1 Å². The number of ether oxygens (including phenoxy) is 1. The smallest absolute Gasteiger partial charge is 0.329 e. The van der Waals surface area contributed by atoms with E-state index in [2.05, 4.69) is 15.0 Å². The molecule has 4 rings (SSSR count). The molecule has 3 aromatic carbocycles. The molecule has 0 spiro atoms. The molecule has 0 bridgehead atoms. The zero-order chi connectivity index (χ0) is 27.1. The number of urea groups is 1. The van der Waals surface area contributed by atoms with Crippen molar-refractivity contribution < 1.29 is 17.9 Å². The SMILES string of the molecule is CCCOc1ccc(-n2ccnc2[C@H](Cc2ccccc2)NC(=O)NS(=O)(=O)c2ccccc2C)cc1Cl. The van der Waals surface area contributed by atoms with E-state index in [0.717, 1.165) is 17.7 Å². The van der Waals surface area contributed by atoms with Gasteiger partial charge in [-0.1, -0.05) is 67.1 Å². The fraction of sp³-hybridized carbons (Fsp3) is 0.214. The molecular weight excluding hydrogens is 524 g/mol. The van der Waals surface area contributed by atoms with Crippen molar-refractivity contribution in [1.82, 2.24) is 19.6 Å². The summed E-state index contributed by atoms with van der Waals surface area (Å²) in [6.07, 6.45) is 4.61. The number of nitrogens with zero attached hydrogens (tertiary/aromatic N) is 2. The lowest BCUT2D eigenvalue weighted by Crippen LogP contribution is -2.42. The van der Waals surface area contributed by atoms with Crippen molar-refractivity contribution in [3.05, 3.63) is 107 Å². The molecular formula is C28H29ClN4O4S. The number of nitrogens with one attached hydrogen (secondary N) is 2. The van der Waals surface area contributed by atoms with Crippen LogP contribution < -0.4 is 14.8 Å². The fourth-order valence-electron chi connectivity index (χ4n) is 4.04. The Morgan fingerprint density at radius 1 is 1.08 bits per heavy atom. The molecule has 1 atom stereocenters. The Balaban J connectivity index is 1.63. The van der Waals surface area contributed by atoms with Crippen molar-refractivity contribution in [3.63, 3.8) is 0 Å². The van der Waals surface area contributed by atoms with Gasteiger partial charge in [0.1, 0.15) is 11.6 Å². The lowest BCUT2D eigenvalue weighted by atomic mass is 10.1. The Hall–Kier alpha value is -3.82. The second kappa shape index (κ2) is 12.1. The molecule has 0 aliphatic carbocycles. The van der Waals surface area contributed by atoms with Gasteiger partial charge < -0.3 is 14.6 Å². The molecule has 0 fully saturated rings. The van der Waals surface area contributed by atoms with Crippen LogP contribution in [-0.4, -0.2) is 30.6 Å². The summed E-state index contributed by atoms with van der Waals surface area (Å²) in [4.78, 5) is 17.6. The van der Waals surface area contributed by atoms with E-state index in [1.54, 1.807) is 54.2 Å². The minimum absolute atomic E-state index is 0.0382. The highest BCUT2D eigenvalue weighted by Gasteiger charge is 2.25. The van der Waals surface area contributed by atoms with Gasteiger partial charge in [-0.25, -0.2) is 22.9 Å². The molecule has 2 N–H and O–H groups in total. The number of rotatable bonds is 10. The molecule has 1 heterocycles. The Bertz CT molecular complexity index is 1510. The summed E-state index contributed by atoms with van der Waals surface area (Å²) >= 11 is 6.47. The van der Waals surface area contributed by atoms with Crippen molar-refractivity contribution in [1.29, 1.82) is 0 Å². The summed E-state index contributed by atoms with van der Waals surface area (Å²) in [6.45, 7) is 4.24. The van der Waals surface area contributed by atoms with E-state index >= 15 is 0 Å². The highest BCUT2D eigenvalue weighted by molar-refractivity contribution is 7.90. The quantitative estimate of drug-likeness (QED) is 0.267. The first kappa shape index (κ1) is 27.2. The van der Waals surface area contributed by atoms with Crippen LogP contribution in [0, 0.1) is 6.92 Å². The van der Waals surface area contributed by atoms with E-state index in [1.165, 1.54) is 6.07 Å². The summed E-state index contributed by atoms with van der Waals surface area (Å²) in [5, 5.41) is 3.26. The summed E-state index contributed by atoms with van der Waals surface area (Å²) in [6, 6.07) is 19.9. The zero-order valence-corrected chi connectivity index (χ0v) is 22.7. The first-order valence-electron chi connectivity index (χ1n) is 12.2. The molecule has 0 saturated heterocycles. The standard InChI is InChI=1S/C28H29ClN4O4S/c1-3-17-37-25-14-13-22(19-23(25)29)33-16-15-30-27(33)24(18-21-10-5-4-6-11-21)31-28(34)32-38(35,36)26-12-8-7-9-20(26)2/h4-16,19,24H,3,17-18H2,1-2H3,(H2,31,32,34)/t24-/m0/s1. The number of sulfonamides is 1. The number of aryl methyl sites for hydroxylation is 1. The van der Waals surface area contributed by atoms with Gasteiger partial charge in [-0.05, 0) is 55.2 Å². The van der Waals surface area contributed by atoms with Crippen LogP contribution in [0.1, 0.15) is 36.3 Å².